The minimum absolute atomic E-state index is 0.248. The van der Waals surface area contributed by atoms with Gasteiger partial charge in [-0.3, -0.25) is 9.59 Å². The number of hydrogen-bond donors (Lipinski definition) is 0. The molecule has 4 heteroatoms. The van der Waals surface area contributed by atoms with E-state index in [4.69, 9.17) is 7.85 Å². The molecule has 0 bridgehead atoms. The molecule has 2 radical (unpaired) electrons. The summed E-state index contributed by atoms with van der Waals surface area (Å²) in [5.41, 5.74) is 0.722. The molecule has 0 unspecified atom stereocenters. The lowest BCUT2D eigenvalue weighted by atomic mass is 9.95. The third kappa shape index (κ3) is 2.28. The fourth-order valence-corrected chi connectivity index (χ4v) is 0.999. The molecule has 0 N–H and O–H groups in total. The molecule has 0 aliphatic heterocycles. The predicted molar refractivity (Wildman–Crippen MR) is 51.2 cm³/mol. The lowest BCUT2D eigenvalue weighted by molar-refractivity contribution is -0.113. The number of Topliss-reactive ketones (excluding diaryl/α,β-unsaturated/α-hetero) is 2. The molecule has 0 atom stereocenters. The molecule has 0 spiro atoms. The van der Waals surface area contributed by atoms with Crippen LogP contribution in [0.25, 0.3) is 0 Å². The zero-order chi connectivity index (χ0) is 10.6. The molecular formula is C10H8BFO2. The summed E-state index contributed by atoms with van der Waals surface area (Å²) in [6, 6.07) is 5.78. The van der Waals surface area contributed by atoms with E-state index in [1.807, 2.05) is 0 Å². The van der Waals surface area contributed by atoms with E-state index in [2.05, 4.69) is 0 Å². The van der Waals surface area contributed by atoms with Crippen LogP contribution in [0.5, 0.6) is 0 Å². The van der Waals surface area contributed by atoms with Gasteiger partial charge < -0.3 is 0 Å². The Labute approximate surface area is 82.5 Å². The Kier molecular flexibility index (Phi) is 3.57. The van der Waals surface area contributed by atoms with Crippen LogP contribution in [-0.4, -0.2) is 19.4 Å². The Bertz CT molecular complexity index is 346. The van der Waals surface area contributed by atoms with Crippen molar-refractivity contribution in [3.63, 3.8) is 0 Å². The maximum Gasteiger partial charge on any atom is 0.227 e. The number of rotatable bonds is 4. The first-order valence-electron chi connectivity index (χ1n) is 4.11. The van der Waals surface area contributed by atoms with Crippen LogP contribution in [0.4, 0.5) is 4.39 Å². The molecule has 0 aliphatic rings. The van der Waals surface area contributed by atoms with Gasteiger partial charge in [0.15, 0.2) is 5.78 Å². The Morgan fingerprint density at radius 2 is 1.79 bits per heavy atom. The average Bonchev–Trinajstić information content (AvgIpc) is 2.27. The lowest BCUT2D eigenvalue weighted by Crippen LogP contribution is -2.12. The SMILES string of the molecule is [B]CC(=O)C(=O)c1ccc(CF)cc1. The standard InChI is InChI=1S/C10H8BFO2/c11-5-9(13)10(14)8-3-1-7(6-12)2-4-8/h1-4H,5-6H2. The van der Waals surface area contributed by atoms with Gasteiger partial charge in [0.05, 0.1) is 7.85 Å². The third-order valence-electron chi connectivity index (χ3n) is 1.81. The number of carbonyl (C=O) groups is 2. The second-order valence-electron chi connectivity index (χ2n) is 2.79. The van der Waals surface area contributed by atoms with Gasteiger partial charge in [0.25, 0.3) is 0 Å². The van der Waals surface area contributed by atoms with Gasteiger partial charge in [0, 0.05) is 5.56 Å². The van der Waals surface area contributed by atoms with E-state index in [0.717, 1.165) is 0 Å². The Balaban J connectivity index is 2.87. The molecule has 0 saturated heterocycles. The largest absolute Gasteiger partial charge is 0.291 e. The second-order valence-corrected chi connectivity index (χ2v) is 2.79. The van der Waals surface area contributed by atoms with Crippen LogP contribution in [-0.2, 0) is 11.5 Å². The summed E-state index contributed by atoms with van der Waals surface area (Å²) >= 11 is 0. The monoisotopic (exact) mass is 190 g/mol. The zero-order valence-corrected chi connectivity index (χ0v) is 7.50. The molecule has 14 heavy (non-hydrogen) atoms. The smallest absolute Gasteiger partial charge is 0.227 e. The molecule has 70 valence electrons. The van der Waals surface area contributed by atoms with Gasteiger partial charge in [0.2, 0.25) is 5.78 Å². The van der Waals surface area contributed by atoms with Gasteiger partial charge in [-0.1, -0.05) is 24.3 Å². The van der Waals surface area contributed by atoms with Crippen molar-refractivity contribution < 1.29 is 14.0 Å². The number of alkyl halides is 1. The second kappa shape index (κ2) is 4.70. The van der Waals surface area contributed by atoms with Gasteiger partial charge >= 0.3 is 0 Å². The summed E-state index contributed by atoms with van der Waals surface area (Å²) < 4.78 is 12.1. The summed E-state index contributed by atoms with van der Waals surface area (Å²) in [5.74, 6) is -1.27. The summed E-state index contributed by atoms with van der Waals surface area (Å²) in [7, 11) is 5.04. The highest BCUT2D eigenvalue weighted by Gasteiger charge is 2.12. The predicted octanol–water partition coefficient (Wildman–Crippen LogP) is 1.49. The van der Waals surface area contributed by atoms with Crippen molar-refractivity contribution in [2.45, 2.75) is 13.0 Å². The highest BCUT2D eigenvalue weighted by molar-refractivity contribution is 6.49. The van der Waals surface area contributed by atoms with Crippen LogP contribution in [0.15, 0.2) is 24.3 Å². The van der Waals surface area contributed by atoms with E-state index in [1.165, 1.54) is 24.3 Å². The number of carbonyl (C=O) groups excluding carboxylic acids is 2. The Hall–Kier alpha value is -1.45. The molecule has 0 aliphatic carbocycles. The summed E-state index contributed by atoms with van der Waals surface area (Å²) in [6.45, 7) is -0.584. The zero-order valence-electron chi connectivity index (χ0n) is 7.50. The van der Waals surface area contributed by atoms with E-state index in [1.54, 1.807) is 0 Å². The molecule has 1 rings (SSSR count). The molecule has 0 fully saturated rings. The van der Waals surface area contributed by atoms with Crippen LogP contribution in [0.3, 0.4) is 0 Å². The summed E-state index contributed by atoms with van der Waals surface area (Å²) in [6.07, 6.45) is -0.302. The summed E-state index contributed by atoms with van der Waals surface area (Å²) in [4.78, 5) is 22.2. The topological polar surface area (TPSA) is 34.1 Å². The van der Waals surface area contributed by atoms with Crippen LogP contribution in [0.2, 0.25) is 6.32 Å². The lowest BCUT2D eigenvalue weighted by Gasteiger charge is -1.99. The van der Waals surface area contributed by atoms with E-state index in [0.29, 0.717) is 5.56 Å². The van der Waals surface area contributed by atoms with Gasteiger partial charge in [-0.05, 0) is 11.9 Å². The normalized spacial score (nSPS) is 9.79. The van der Waals surface area contributed by atoms with Crippen molar-refractivity contribution in [3.05, 3.63) is 35.4 Å². The van der Waals surface area contributed by atoms with Crippen molar-refractivity contribution in [1.29, 1.82) is 0 Å². The van der Waals surface area contributed by atoms with Gasteiger partial charge in [-0.2, -0.15) is 0 Å². The third-order valence-corrected chi connectivity index (χ3v) is 1.81. The van der Waals surface area contributed by atoms with Crippen LogP contribution >= 0.6 is 0 Å². The van der Waals surface area contributed by atoms with Gasteiger partial charge in [0.1, 0.15) is 6.67 Å². The van der Waals surface area contributed by atoms with Crippen molar-refractivity contribution >= 4 is 19.4 Å². The Morgan fingerprint density at radius 1 is 1.21 bits per heavy atom. The molecule has 0 heterocycles. The van der Waals surface area contributed by atoms with E-state index < -0.39 is 18.2 Å². The first kappa shape index (κ1) is 10.6. The van der Waals surface area contributed by atoms with Crippen LogP contribution in [0.1, 0.15) is 15.9 Å². The first-order chi connectivity index (χ1) is 6.69. The van der Waals surface area contributed by atoms with Gasteiger partial charge in [-0.25, -0.2) is 4.39 Å². The minimum atomic E-state index is -0.641. The number of benzene rings is 1. The number of ketones is 2. The van der Waals surface area contributed by atoms with Gasteiger partial charge in [-0.15, -0.1) is 0 Å². The molecule has 0 amide bonds. The molecule has 1 aromatic carbocycles. The summed E-state index contributed by atoms with van der Waals surface area (Å²) in [5, 5.41) is 0. The minimum Gasteiger partial charge on any atom is -0.291 e. The maximum absolute atomic E-state index is 12.1. The van der Waals surface area contributed by atoms with Crippen LogP contribution in [0, 0.1) is 0 Å². The quantitative estimate of drug-likeness (QED) is 0.409. The fourth-order valence-electron chi connectivity index (χ4n) is 0.999. The van der Waals surface area contributed by atoms with Crippen molar-refractivity contribution in [3.8, 4) is 0 Å². The first-order valence-corrected chi connectivity index (χ1v) is 4.11. The molecule has 2 nitrogen and oxygen atoms in total. The number of halogens is 1. The molecule has 1 aromatic rings. The molecular weight excluding hydrogens is 182 g/mol. The maximum atomic E-state index is 12.1. The fraction of sp³-hybridized carbons (Fsp3) is 0.200. The van der Waals surface area contributed by atoms with Crippen molar-refractivity contribution in [1.82, 2.24) is 0 Å². The Morgan fingerprint density at radius 3 is 2.21 bits per heavy atom. The number of hydrogen-bond acceptors (Lipinski definition) is 2. The van der Waals surface area contributed by atoms with E-state index >= 15 is 0 Å². The molecule has 0 aromatic heterocycles. The van der Waals surface area contributed by atoms with Crippen molar-refractivity contribution in [2.75, 3.05) is 0 Å². The van der Waals surface area contributed by atoms with Crippen LogP contribution < -0.4 is 0 Å². The van der Waals surface area contributed by atoms with E-state index in [-0.39, 0.29) is 11.9 Å². The highest BCUT2D eigenvalue weighted by atomic mass is 19.1. The molecule has 0 saturated carbocycles. The highest BCUT2D eigenvalue weighted by Crippen LogP contribution is 2.07. The van der Waals surface area contributed by atoms with Crippen molar-refractivity contribution in [2.24, 2.45) is 0 Å². The average molecular weight is 190 g/mol. The van der Waals surface area contributed by atoms with E-state index in [9.17, 15) is 14.0 Å².